The molecule has 142 valence electrons. The van der Waals surface area contributed by atoms with Gasteiger partial charge in [0, 0.05) is 0 Å². The number of aliphatic hydroxyl groups is 1. The standard InChI is InChI=1S/C15H29F2NO2S.CO2/c1-12(2,3)10-8-11(10)14(7,15(16,17)9-19)18-21(20)13(4,5)6;2-1-3/h10-11,18-19H,8-9H2,1-7H3;/t10-,11-,14-,21-;/m1./s1. The second-order valence-electron chi connectivity index (χ2n) is 8.45. The lowest BCUT2D eigenvalue weighted by atomic mass is 9.81. The Bertz CT molecular complexity index is 493. The maximum absolute atomic E-state index is 14.4. The summed E-state index contributed by atoms with van der Waals surface area (Å²) >= 11 is 0. The fourth-order valence-corrected chi connectivity index (χ4v) is 3.71. The molecule has 24 heavy (non-hydrogen) atoms. The van der Waals surface area contributed by atoms with Crippen molar-refractivity contribution < 1.29 is 27.7 Å². The number of nitrogens with one attached hydrogen (secondary N) is 1. The highest BCUT2D eigenvalue weighted by Gasteiger charge is 2.65. The molecule has 0 aromatic heterocycles. The molecule has 0 radical (unpaired) electrons. The molecule has 0 spiro atoms. The molecule has 0 bridgehead atoms. The third kappa shape index (κ3) is 5.41. The molecule has 0 heterocycles. The SMILES string of the molecule is CC(C)(C)[C@@H]1C[C@H]1[C@@](C)(N[S@](=O)C(C)(C)C)C(F)(F)CO.O=C=O. The van der Waals surface area contributed by atoms with E-state index in [1.807, 2.05) is 20.8 Å². The predicted octanol–water partition coefficient (Wildman–Crippen LogP) is 2.52. The molecular weight excluding hydrogens is 340 g/mol. The topological polar surface area (TPSA) is 83.5 Å². The van der Waals surface area contributed by atoms with Gasteiger partial charge in [-0.2, -0.15) is 9.59 Å². The second kappa shape index (κ2) is 7.68. The van der Waals surface area contributed by atoms with Crippen LogP contribution in [0.3, 0.4) is 0 Å². The molecule has 0 aromatic carbocycles. The Balaban J connectivity index is 0.00000163. The first-order valence-electron chi connectivity index (χ1n) is 7.76. The Morgan fingerprint density at radius 1 is 1.08 bits per heavy atom. The molecule has 1 rings (SSSR count). The molecule has 1 aliphatic carbocycles. The van der Waals surface area contributed by atoms with E-state index in [4.69, 9.17) is 14.7 Å². The van der Waals surface area contributed by atoms with Crippen LogP contribution in [-0.4, -0.2) is 38.3 Å². The molecule has 0 aliphatic heterocycles. The van der Waals surface area contributed by atoms with E-state index in [1.165, 1.54) is 6.92 Å². The molecule has 0 amide bonds. The Morgan fingerprint density at radius 2 is 1.50 bits per heavy atom. The summed E-state index contributed by atoms with van der Waals surface area (Å²) in [5, 5.41) is 9.12. The lowest BCUT2D eigenvalue weighted by Crippen LogP contribution is -2.62. The smallest absolute Gasteiger partial charge is 0.373 e. The number of carbonyl (C=O) groups excluding carboxylic acids is 2. The monoisotopic (exact) mass is 369 g/mol. The van der Waals surface area contributed by atoms with Crippen molar-refractivity contribution in [2.45, 2.75) is 71.1 Å². The molecule has 4 atom stereocenters. The highest BCUT2D eigenvalue weighted by atomic mass is 32.2. The maximum Gasteiger partial charge on any atom is 0.373 e. The minimum atomic E-state index is -3.32. The van der Waals surface area contributed by atoms with Gasteiger partial charge in [0.1, 0.15) is 6.61 Å². The van der Waals surface area contributed by atoms with Crippen LogP contribution in [0.25, 0.3) is 0 Å². The van der Waals surface area contributed by atoms with Crippen LogP contribution in [-0.2, 0) is 20.6 Å². The highest BCUT2D eigenvalue weighted by molar-refractivity contribution is 7.84. The second-order valence-corrected chi connectivity index (χ2v) is 10.4. The fourth-order valence-electron chi connectivity index (χ4n) is 2.72. The lowest BCUT2D eigenvalue weighted by Gasteiger charge is -2.40. The van der Waals surface area contributed by atoms with Crippen LogP contribution < -0.4 is 4.72 Å². The molecule has 8 heteroatoms. The summed E-state index contributed by atoms with van der Waals surface area (Å²) < 4.78 is 43.0. The average molecular weight is 369 g/mol. The van der Waals surface area contributed by atoms with Crippen LogP contribution in [0.4, 0.5) is 8.78 Å². The summed E-state index contributed by atoms with van der Waals surface area (Å²) in [6.07, 6.45) is 0.907. The number of rotatable bonds is 5. The van der Waals surface area contributed by atoms with E-state index in [-0.39, 0.29) is 23.4 Å². The van der Waals surface area contributed by atoms with Crippen LogP contribution in [0.5, 0.6) is 0 Å². The van der Waals surface area contributed by atoms with Crippen molar-refractivity contribution >= 4 is 17.1 Å². The molecule has 1 aliphatic rings. The molecule has 1 fully saturated rings. The number of hydrogen-bond acceptors (Lipinski definition) is 4. The zero-order valence-electron chi connectivity index (χ0n) is 15.4. The summed E-state index contributed by atoms with van der Waals surface area (Å²) in [5.74, 6) is -3.49. The molecule has 5 nitrogen and oxygen atoms in total. The van der Waals surface area contributed by atoms with Gasteiger partial charge in [0.15, 0.2) is 0 Å². The van der Waals surface area contributed by atoms with Gasteiger partial charge in [-0.3, -0.25) is 0 Å². The maximum atomic E-state index is 14.4. The van der Waals surface area contributed by atoms with Crippen molar-refractivity contribution in [1.82, 2.24) is 4.72 Å². The lowest BCUT2D eigenvalue weighted by molar-refractivity contribution is -0.191. The van der Waals surface area contributed by atoms with Crippen LogP contribution in [0, 0.1) is 17.3 Å². The summed E-state index contributed by atoms with van der Waals surface area (Å²) in [7, 11) is -1.62. The zero-order chi connectivity index (χ0) is 19.6. The van der Waals surface area contributed by atoms with E-state index >= 15 is 0 Å². The zero-order valence-corrected chi connectivity index (χ0v) is 16.2. The van der Waals surface area contributed by atoms with Gasteiger partial charge in [0.25, 0.3) is 5.92 Å². The third-order valence-corrected chi connectivity index (χ3v) is 6.19. The van der Waals surface area contributed by atoms with Crippen LogP contribution in [0.2, 0.25) is 0 Å². The normalized spacial score (nSPS) is 24.9. The van der Waals surface area contributed by atoms with Crippen molar-refractivity contribution in [3.05, 3.63) is 0 Å². The van der Waals surface area contributed by atoms with E-state index in [9.17, 15) is 13.0 Å². The first-order chi connectivity index (χ1) is 10.6. The molecule has 0 unspecified atom stereocenters. The van der Waals surface area contributed by atoms with Gasteiger partial charge in [0.2, 0.25) is 0 Å². The van der Waals surface area contributed by atoms with Gasteiger partial charge >= 0.3 is 6.15 Å². The van der Waals surface area contributed by atoms with Gasteiger partial charge < -0.3 is 5.11 Å². The van der Waals surface area contributed by atoms with E-state index in [2.05, 4.69) is 4.72 Å². The average Bonchev–Trinajstić information content (AvgIpc) is 3.18. The molecule has 1 saturated carbocycles. The Morgan fingerprint density at radius 3 is 1.75 bits per heavy atom. The summed E-state index contributed by atoms with van der Waals surface area (Å²) in [6, 6.07) is 0. The first kappa shape index (κ1) is 23.3. The van der Waals surface area contributed by atoms with E-state index < -0.39 is 33.8 Å². The minimum absolute atomic E-state index is 0.0810. The summed E-state index contributed by atoms with van der Waals surface area (Å²) in [5.41, 5.74) is -1.75. The quantitative estimate of drug-likeness (QED) is 0.780. The van der Waals surface area contributed by atoms with Gasteiger partial charge in [-0.1, -0.05) is 20.8 Å². The molecule has 2 N–H and O–H groups in total. The van der Waals surface area contributed by atoms with Gasteiger partial charge in [-0.15, -0.1) is 0 Å². The summed E-state index contributed by atoms with van der Waals surface area (Å²) in [6.45, 7) is 11.4. The highest BCUT2D eigenvalue weighted by Crippen LogP contribution is 2.59. The van der Waals surface area contributed by atoms with Crippen LogP contribution >= 0.6 is 0 Å². The van der Waals surface area contributed by atoms with E-state index in [1.54, 1.807) is 20.8 Å². The number of halogens is 2. The predicted molar refractivity (Wildman–Crippen MR) is 87.5 cm³/mol. The first-order valence-corrected chi connectivity index (χ1v) is 8.91. The van der Waals surface area contributed by atoms with E-state index in [0.29, 0.717) is 6.42 Å². The van der Waals surface area contributed by atoms with Crippen LogP contribution in [0.1, 0.15) is 54.9 Å². The Labute approximate surface area is 145 Å². The number of alkyl halides is 2. The number of hydrogen-bond donors (Lipinski definition) is 2. The molecular formula is C16H29F2NO4S. The largest absolute Gasteiger partial charge is 0.390 e. The van der Waals surface area contributed by atoms with Crippen molar-refractivity contribution in [3.8, 4) is 0 Å². The van der Waals surface area contributed by atoms with Crippen LogP contribution in [0.15, 0.2) is 0 Å². The Hall–Kier alpha value is -0.690. The van der Waals surface area contributed by atoms with Gasteiger partial charge in [0.05, 0.1) is 21.3 Å². The van der Waals surface area contributed by atoms with Crippen molar-refractivity contribution in [3.63, 3.8) is 0 Å². The third-order valence-electron chi connectivity index (χ3n) is 4.46. The Kier molecular flexibility index (Phi) is 7.46. The minimum Gasteiger partial charge on any atom is -0.390 e. The van der Waals surface area contributed by atoms with Crippen molar-refractivity contribution in [2.75, 3.05) is 6.61 Å². The van der Waals surface area contributed by atoms with Gasteiger partial charge in [-0.05, 0) is 51.4 Å². The summed E-state index contributed by atoms with van der Waals surface area (Å²) in [4.78, 5) is 16.2. The van der Waals surface area contributed by atoms with Crippen molar-refractivity contribution in [2.24, 2.45) is 17.3 Å². The fraction of sp³-hybridized carbons (Fsp3) is 0.938. The molecule has 0 saturated heterocycles. The molecule has 0 aromatic rings. The van der Waals surface area contributed by atoms with E-state index in [0.717, 1.165) is 0 Å². The van der Waals surface area contributed by atoms with Gasteiger partial charge in [-0.25, -0.2) is 17.7 Å². The van der Waals surface area contributed by atoms with Crippen molar-refractivity contribution in [1.29, 1.82) is 0 Å². The number of aliphatic hydroxyl groups excluding tert-OH is 1.